The molecule has 0 aliphatic carbocycles. The highest BCUT2D eigenvalue weighted by Crippen LogP contribution is 2.40. The van der Waals surface area contributed by atoms with Crippen LogP contribution in [0.25, 0.3) is 83.1 Å². The molecule has 8 aromatic carbocycles. The van der Waals surface area contributed by atoms with Crippen LogP contribution in [0.2, 0.25) is 0 Å². The van der Waals surface area contributed by atoms with Gasteiger partial charge in [0.25, 0.3) is 6.33 Å². The number of imidazole rings is 1. The smallest absolute Gasteiger partial charge is 0.269 e. The maximum atomic E-state index is 9.02. The Morgan fingerprint density at radius 3 is 2.07 bits per heavy atom. The van der Waals surface area contributed by atoms with Gasteiger partial charge in [0.15, 0.2) is 0 Å². The highest BCUT2D eigenvalue weighted by molar-refractivity contribution is 6.18. The summed E-state index contributed by atoms with van der Waals surface area (Å²) in [7, 11) is 0. The van der Waals surface area contributed by atoms with Gasteiger partial charge >= 0.3 is 0 Å². The minimum atomic E-state index is -0.566. The fourth-order valence-corrected chi connectivity index (χ4v) is 8.26. The number of pyridine rings is 1. The highest BCUT2D eigenvalue weighted by Gasteiger charge is 2.22. The van der Waals surface area contributed by atoms with Gasteiger partial charge in [0.1, 0.15) is 17.3 Å². The van der Waals surface area contributed by atoms with Gasteiger partial charge in [-0.05, 0) is 81.1 Å². The van der Waals surface area contributed by atoms with E-state index < -0.39 is 60.4 Å². The van der Waals surface area contributed by atoms with E-state index in [1.54, 1.807) is 27.3 Å². The molecule has 0 bridgehead atoms. The van der Waals surface area contributed by atoms with E-state index in [0.717, 1.165) is 44.0 Å². The lowest BCUT2D eigenvalue weighted by Gasteiger charge is -2.20. The van der Waals surface area contributed by atoms with Crippen LogP contribution in [0, 0.1) is 6.33 Å². The lowest BCUT2D eigenvalue weighted by molar-refractivity contribution is -0.571. The Hall–Kier alpha value is -7.76. The molecule has 11 rings (SSSR count). The third kappa shape index (κ3) is 6.34. The second kappa shape index (κ2) is 14.5. The fourth-order valence-electron chi connectivity index (χ4n) is 8.26. The van der Waals surface area contributed by atoms with Crippen LogP contribution in [0.3, 0.4) is 0 Å². The van der Waals surface area contributed by atoms with Crippen LogP contribution in [-0.4, -0.2) is 14.1 Å². The van der Waals surface area contributed by atoms with Crippen LogP contribution in [0.1, 0.15) is 40.0 Å². The number of ether oxygens (including phenoxy) is 1. The predicted octanol–water partition coefficient (Wildman–Crippen LogP) is 13.8. The molecule has 292 valence electrons. The molecule has 3 aromatic heterocycles. The first kappa shape index (κ1) is 27.1. The zero-order valence-corrected chi connectivity index (χ0v) is 33.5. The van der Waals surface area contributed by atoms with Crippen molar-refractivity contribution in [2.24, 2.45) is 0 Å². The summed E-state index contributed by atoms with van der Waals surface area (Å²) in [4.78, 5) is 4.92. The van der Waals surface area contributed by atoms with Gasteiger partial charge in [-0.1, -0.05) is 166 Å². The third-order valence-corrected chi connectivity index (χ3v) is 11.1. The van der Waals surface area contributed by atoms with Crippen LogP contribution in [0.4, 0.5) is 0 Å². The molecule has 3 heterocycles. The second-order valence-electron chi connectivity index (χ2n) is 15.9. The van der Waals surface area contributed by atoms with Crippen LogP contribution in [-0.2, 0) is 5.41 Å². The van der Waals surface area contributed by atoms with Crippen LogP contribution < -0.4 is 9.30 Å². The number of nitrogens with zero attached hydrogens (tertiary/aromatic N) is 4. The molecular weight excluding hydrogens is 745 g/mol. The van der Waals surface area contributed by atoms with Gasteiger partial charge in [0.05, 0.1) is 47.1 Å². The second-order valence-corrected chi connectivity index (χ2v) is 15.9. The average Bonchev–Trinajstić information content (AvgIpc) is 3.92. The van der Waals surface area contributed by atoms with E-state index in [2.05, 4.69) is 80.2 Å². The van der Waals surface area contributed by atoms with Crippen LogP contribution in [0.5, 0.6) is 11.5 Å². The standard InChI is InChI=1S/C56H42N4O/c1-56(2,3)41-32-33-57-53(34-41)60-52-36-44(29-31-48(52)49-30-28-40-20-10-11-23-47(40)55(49)60)61-43-22-14-21-42(35-43)58-37-59(51-27-13-12-26-50(51)58)54-45(38-16-6-4-7-17-38)24-15-25-46(54)39-18-8-5-9-19-39/h4-36H,1-3H3/i4D,5D,6D,7D,8D,9D,16D,17D,18D,19D. The normalized spacial score (nSPS) is 14.1. The molecule has 0 N–H and O–H groups in total. The number of aromatic nitrogens is 4. The molecule has 0 aliphatic rings. The van der Waals surface area contributed by atoms with E-state index in [1.165, 1.54) is 0 Å². The van der Waals surface area contributed by atoms with Gasteiger partial charge in [-0.3, -0.25) is 13.7 Å². The molecule has 0 atom stereocenters. The molecule has 11 aromatic rings. The van der Waals surface area contributed by atoms with Crippen molar-refractivity contribution in [2.45, 2.75) is 26.2 Å². The van der Waals surface area contributed by atoms with Crippen molar-refractivity contribution < 1.29 is 23.0 Å². The summed E-state index contributed by atoms with van der Waals surface area (Å²) in [5.41, 5.74) is 5.09. The van der Waals surface area contributed by atoms with Gasteiger partial charge < -0.3 is 4.74 Å². The van der Waals surface area contributed by atoms with Crippen molar-refractivity contribution >= 4 is 43.6 Å². The van der Waals surface area contributed by atoms with Gasteiger partial charge in [-0.25, -0.2) is 4.98 Å². The van der Waals surface area contributed by atoms with Crippen LogP contribution >= 0.6 is 0 Å². The van der Waals surface area contributed by atoms with E-state index in [-0.39, 0.29) is 33.4 Å². The molecule has 0 fully saturated rings. The minimum Gasteiger partial charge on any atom is -0.458 e. The number of hydrogen-bond acceptors (Lipinski definition) is 2. The Labute approximate surface area is 369 Å². The van der Waals surface area contributed by atoms with Crippen LogP contribution in [0.15, 0.2) is 200 Å². The first-order valence-corrected chi connectivity index (χ1v) is 20.0. The summed E-state index contributed by atoms with van der Waals surface area (Å²) >= 11 is 0. The SMILES string of the molecule is [2H]c1c([2H])c([2H])c(-c2cccc(-c3c([2H])c([2H])c([2H])c([2H])c3[2H])c2-[n+]2[c-]n(-c3cccc(Oc4ccc5c6ccc7ccccc7c6n(-c6cc(C(C)(C)C)ccn6)c5c4)c3)c3ccccc32)c([2H])c1[2H]. The molecular formula is C56H42N4O. The molecule has 0 aliphatic heterocycles. The molecule has 61 heavy (non-hydrogen) atoms. The Morgan fingerprint density at radius 1 is 0.607 bits per heavy atom. The van der Waals surface area contributed by atoms with E-state index in [1.807, 2.05) is 72.9 Å². The van der Waals surface area contributed by atoms with Gasteiger partial charge in [0, 0.05) is 28.4 Å². The summed E-state index contributed by atoms with van der Waals surface area (Å²) in [6, 6.07) is 37.4. The lowest BCUT2D eigenvalue weighted by atomic mass is 9.88. The monoisotopic (exact) mass is 796 g/mol. The van der Waals surface area contributed by atoms with Gasteiger partial charge in [-0.2, -0.15) is 0 Å². The molecule has 0 saturated heterocycles. The predicted molar refractivity (Wildman–Crippen MR) is 249 cm³/mol. The summed E-state index contributed by atoms with van der Waals surface area (Å²) in [6.07, 6.45) is 5.31. The largest absolute Gasteiger partial charge is 0.458 e. The number of benzene rings is 8. The molecule has 0 spiro atoms. The van der Waals surface area contributed by atoms with Crippen molar-refractivity contribution in [2.75, 3.05) is 0 Å². The summed E-state index contributed by atoms with van der Waals surface area (Å²) < 4.78 is 99.4. The third-order valence-electron chi connectivity index (χ3n) is 11.1. The number of hydrogen-bond donors (Lipinski definition) is 0. The quantitative estimate of drug-likeness (QED) is 0.119. The minimum absolute atomic E-state index is 0.111. The Balaban J connectivity index is 1.09. The highest BCUT2D eigenvalue weighted by atomic mass is 16.5. The molecule has 0 saturated carbocycles. The maximum Gasteiger partial charge on any atom is 0.269 e. The number of para-hydroxylation sites is 3. The Morgan fingerprint density at radius 2 is 1.30 bits per heavy atom. The lowest BCUT2D eigenvalue weighted by Crippen LogP contribution is -2.31. The zero-order valence-electron chi connectivity index (χ0n) is 43.5. The van der Waals surface area contributed by atoms with Gasteiger partial charge in [0.2, 0.25) is 0 Å². The summed E-state index contributed by atoms with van der Waals surface area (Å²) in [5, 5.41) is 4.34. The number of fused-ring (bicyclic) bond motifs is 6. The van der Waals surface area contributed by atoms with Crippen molar-refractivity contribution in [1.82, 2.24) is 14.1 Å². The van der Waals surface area contributed by atoms with E-state index in [4.69, 9.17) is 23.4 Å². The van der Waals surface area contributed by atoms with Gasteiger partial charge in [-0.15, -0.1) is 0 Å². The fraction of sp³-hybridized carbons (Fsp3) is 0.0714. The van der Waals surface area contributed by atoms with Crippen molar-refractivity contribution in [3.8, 4) is 50.9 Å². The Kier molecular flexibility index (Phi) is 6.44. The first-order valence-electron chi connectivity index (χ1n) is 25.0. The molecule has 0 radical (unpaired) electrons. The Bertz CT molecular complexity index is 3900. The molecule has 5 heteroatoms. The number of rotatable bonds is 7. The summed E-state index contributed by atoms with van der Waals surface area (Å²) in [5.74, 6) is 1.89. The molecule has 0 amide bonds. The average molecular weight is 797 g/mol. The zero-order chi connectivity index (χ0) is 49.8. The van der Waals surface area contributed by atoms with Crippen molar-refractivity contribution in [3.63, 3.8) is 0 Å². The van der Waals surface area contributed by atoms with Crippen molar-refractivity contribution in [3.05, 3.63) is 212 Å². The summed E-state index contributed by atoms with van der Waals surface area (Å²) in [6.45, 7) is 6.56. The van der Waals surface area contributed by atoms with E-state index in [0.29, 0.717) is 28.2 Å². The van der Waals surface area contributed by atoms with E-state index in [9.17, 15) is 0 Å². The molecule has 5 nitrogen and oxygen atoms in total. The van der Waals surface area contributed by atoms with E-state index >= 15 is 0 Å². The topological polar surface area (TPSA) is 35.9 Å². The molecule has 0 unspecified atom stereocenters. The maximum absolute atomic E-state index is 9.02. The first-order chi connectivity index (χ1) is 34.0. The van der Waals surface area contributed by atoms with Crippen molar-refractivity contribution in [1.29, 1.82) is 0 Å².